The first-order valence-electron chi connectivity index (χ1n) is 4.17. The summed E-state index contributed by atoms with van der Waals surface area (Å²) in [6.07, 6.45) is 2.84. The molecule has 0 atom stereocenters. The molecule has 0 bridgehead atoms. The second kappa shape index (κ2) is 3.52. The molecule has 0 aliphatic rings. The second-order valence-corrected chi connectivity index (χ2v) is 3.44. The van der Waals surface area contributed by atoms with Gasteiger partial charge in [-0.1, -0.05) is 13.8 Å². The van der Waals surface area contributed by atoms with Gasteiger partial charge in [-0.3, -0.25) is 0 Å². The number of anilines is 1. The van der Waals surface area contributed by atoms with Crippen molar-refractivity contribution in [2.75, 3.05) is 5.73 Å². The molecular formula is C9H15N3. The summed E-state index contributed by atoms with van der Waals surface area (Å²) < 4.78 is 0. The highest BCUT2D eigenvalue weighted by Gasteiger charge is 2.03. The van der Waals surface area contributed by atoms with E-state index in [0.717, 1.165) is 12.1 Å². The highest BCUT2D eigenvalue weighted by Crippen LogP contribution is 2.10. The van der Waals surface area contributed by atoms with Gasteiger partial charge in [0.25, 0.3) is 0 Å². The molecule has 1 aromatic rings. The second-order valence-electron chi connectivity index (χ2n) is 3.44. The van der Waals surface area contributed by atoms with Crippen LogP contribution in [0.25, 0.3) is 0 Å². The lowest BCUT2D eigenvalue weighted by Crippen LogP contribution is -2.03. The maximum atomic E-state index is 5.44. The standard InChI is InChI=1S/C9H15N3/c1-6(2)4-8-5-11-9(10)12-7(8)3/h5-6H,4H2,1-3H3,(H2,10,11,12). The third-order valence-electron chi connectivity index (χ3n) is 1.73. The molecule has 12 heavy (non-hydrogen) atoms. The Labute approximate surface area is 73.0 Å². The molecule has 0 aliphatic heterocycles. The lowest BCUT2D eigenvalue weighted by Gasteiger charge is -2.06. The van der Waals surface area contributed by atoms with Crippen LogP contribution in [0.2, 0.25) is 0 Å². The Morgan fingerprint density at radius 2 is 2.17 bits per heavy atom. The van der Waals surface area contributed by atoms with Crippen molar-refractivity contribution in [1.82, 2.24) is 9.97 Å². The van der Waals surface area contributed by atoms with Gasteiger partial charge in [0.15, 0.2) is 0 Å². The molecule has 66 valence electrons. The first-order valence-corrected chi connectivity index (χ1v) is 4.17. The number of hydrogen-bond donors (Lipinski definition) is 1. The van der Waals surface area contributed by atoms with Crippen molar-refractivity contribution in [2.45, 2.75) is 27.2 Å². The summed E-state index contributed by atoms with van der Waals surface area (Å²) in [5.41, 5.74) is 7.63. The lowest BCUT2D eigenvalue weighted by molar-refractivity contribution is 0.640. The minimum absolute atomic E-state index is 0.361. The highest BCUT2D eigenvalue weighted by molar-refractivity contribution is 5.24. The fraction of sp³-hybridized carbons (Fsp3) is 0.556. The lowest BCUT2D eigenvalue weighted by atomic mass is 10.0. The van der Waals surface area contributed by atoms with E-state index in [4.69, 9.17) is 5.73 Å². The van der Waals surface area contributed by atoms with Crippen LogP contribution >= 0.6 is 0 Å². The average Bonchev–Trinajstić information content (AvgIpc) is 1.94. The fourth-order valence-corrected chi connectivity index (χ4v) is 1.15. The van der Waals surface area contributed by atoms with E-state index < -0.39 is 0 Å². The summed E-state index contributed by atoms with van der Waals surface area (Å²) in [5.74, 6) is 0.996. The van der Waals surface area contributed by atoms with Crippen LogP contribution < -0.4 is 5.73 Å². The molecule has 3 heteroatoms. The molecule has 1 rings (SSSR count). The molecule has 1 aromatic heterocycles. The summed E-state index contributed by atoms with van der Waals surface area (Å²) in [6, 6.07) is 0. The molecule has 0 saturated carbocycles. The van der Waals surface area contributed by atoms with Crippen LogP contribution in [-0.2, 0) is 6.42 Å². The number of rotatable bonds is 2. The predicted molar refractivity (Wildman–Crippen MR) is 49.7 cm³/mol. The average molecular weight is 165 g/mol. The number of hydrogen-bond acceptors (Lipinski definition) is 3. The summed E-state index contributed by atoms with van der Waals surface area (Å²) in [5, 5.41) is 0. The van der Waals surface area contributed by atoms with E-state index in [9.17, 15) is 0 Å². The molecule has 0 spiro atoms. The van der Waals surface area contributed by atoms with Crippen LogP contribution in [0.4, 0.5) is 5.95 Å². The molecule has 0 saturated heterocycles. The summed E-state index contributed by atoms with van der Waals surface area (Å²) in [6.45, 7) is 6.32. The van der Waals surface area contributed by atoms with Gasteiger partial charge in [0.05, 0.1) is 0 Å². The van der Waals surface area contributed by atoms with Gasteiger partial charge in [0.2, 0.25) is 5.95 Å². The molecule has 0 fully saturated rings. The topological polar surface area (TPSA) is 51.8 Å². The summed E-state index contributed by atoms with van der Waals surface area (Å²) in [4.78, 5) is 8.05. The minimum atomic E-state index is 0.361. The van der Waals surface area contributed by atoms with E-state index in [0.29, 0.717) is 11.9 Å². The van der Waals surface area contributed by atoms with Crippen molar-refractivity contribution in [3.63, 3.8) is 0 Å². The summed E-state index contributed by atoms with van der Waals surface area (Å²) >= 11 is 0. The van der Waals surface area contributed by atoms with Gasteiger partial charge in [-0.2, -0.15) is 0 Å². The summed E-state index contributed by atoms with van der Waals surface area (Å²) in [7, 11) is 0. The van der Waals surface area contributed by atoms with Gasteiger partial charge < -0.3 is 5.73 Å². The van der Waals surface area contributed by atoms with Gasteiger partial charge >= 0.3 is 0 Å². The van der Waals surface area contributed by atoms with Crippen molar-refractivity contribution in [2.24, 2.45) is 5.92 Å². The normalized spacial score (nSPS) is 10.7. The molecule has 1 heterocycles. The van der Waals surface area contributed by atoms with E-state index in [2.05, 4.69) is 23.8 Å². The van der Waals surface area contributed by atoms with Crippen LogP contribution in [0.1, 0.15) is 25.1 Å². The molecular weight excluding hydrogens is 150 g/mol. The Morgan fingerprint density at radius 3 is 2.67 bits per heavy atom. The Bertz CT molecular complexity index is 268. The van der Waals surface area contributed by atoms with Crippen molar-refractivity contribution >= 4 is 5.95 Å². The van der Waals surface area contributed by atoms with E-state index in [1.165, 1.54) is 5.56 Å². The van der Waals surface area contributed by atoms with E-state index in [1.807, 2.05) is 13.1 Å². The zero-order valence-electron chi connectivity index (χ0n) is 7.83. The van der Waals surface area contributed by atoms with Crippen molar-refractivity contribution < 1.29 is 0 Å². The fourth-order valence-electron chi connectivity index (χ4n) is 1.15. The quantitative estimate of drug-likeness (QED) is 0.723. The van der Waals surface area contributed by atoms with E-state index >= 15 is 0 Å². The van der Waals surface area contributed by atoms with Gasteiger partial charge in [-0.05, 0) is 24.8 Å². The van der Waals surface area contributed by atoms with Crippen molar-refractivity contribution in [3.8, 4) is 0 Å². The SMILES string of the molecule is Cc1nc(N)ncc1CC(C)C. The zero-order chi connectivity index (χ0) is 9.14. The Morgan fingerprint density at radius 1 is 1.50 bits per heavy atom. The number of aryl methyl sites for hydroxylation is 1. The predicted octanol–water partition coefficient (Wildman–Crippen LogP) is 1.57. The largest absolute Gasteiger partial charge is 0.368 e. The van der Waals surface area contributed by atoms with Gasteiger partial charge in [0.1, 0.15) is 0 Å². The Kier molecular flexibility index (Phi) is 2.63. The maximum Gasteiger partial charge on any atom is 0.220 e. The van der Waals surface area contributed by atoms with Crippen LogP contribution in [0.3, 0.4) is 0 Å². The number of nitrogens with zero attached hydrogens (tertiary/aromatic N) is 2. The molecule has 0 amide bonds. The molecule has 3 nitrogen and oxygen atoms in total. The maximum absolute atomic E-state index is 5.44. The van der Waals surface area contributed by atoms with Crippen LogP contribution in [0.5, 0.6) is 0 Å². The van der Waals surface area contributed by atoms with Gasteiger partial charge in [-0.25, -0.2) is 9.97 Å². The number of nitrogens with two attached hydrogens (primary N) is 1. The first-order chi connectivity index (χ1) is 5.59. The van der Waals surface area contributed by atoms with Crippen LogP contribution in [0.15, 0.2) is 6.20 Å². The smallest absolute Gasteiger partial charge is 0.220 e. The third kappa shape index (κ3) is 2.19. The Hall–Kier alpha value is -1.12. The first kappa shape index (κ1) is 8.97. The van der Waals surface area contributed by atoms with Crippen molar-refractivity contribution in [1.29, 1.82) is 0 Å². The molecule has 0 unspecified atom stereocenters. The van der Waals surface area contributed by atoms with E-state index in [-0.39, 0.29) is 0 Å². The van der Waals surface area contributed by atoms with Gasteiger partial charge in [-0.15, -0.1) is 0 Å². The van der Waals surface area contributed by atoms with Crippen LogP contribution in [-0.4, -0.2) is 9.97 Å². The molecule has 0 aliphatic carbocycles. The zero-order valence-corrected chi connectivity index (χ0v) is 7.83. The Balaban J connectivity index is 2.86. The highest BCUT2D eigenvalue weighted by atomic mass is 15.0. The van der Waals surface area contributed by atoms with Gasteiger partial charge in [0, 0.05) is 11.9 Å². The molecule has 2 N–H and O–H groups in total. The number of nitrogen functional groups attached to an aromatic ring is 1. The molecule has 0 radical (unpaired) electrons. The van der Waals surface area contributed by atoms with Crippen molar-refractivity contribution in [3.05, 3.63) is 17.5 Å². The molecule has 0 aromatic carbocycles. The third-order valence-corrected chi connectivity index (χ3v) is 1.73. The minimum Gasteiger partial charge on any atom is -0.368 e. The number of aromatic nitrogens is 2. The monoisotopic (exact) mass is 165 g/mol. The van der Waals surface area contributed by atoms with E-state index in [1.54, 1.807) is 0 Å². The van der Waals surface area contributed by atoms with Crippen LogP contribution in [0, 0.1) is 12.8 Å².